The normalized spacial score (nSPS) is 5.00. The van der Waals surface area contributed by atoms with E-state index in [1.165, 1.54) is 0 Å². The molecule has 7 heavy (non-hydrogen) atoms. The first-order chi connectivity index (χ1) is 2.91. The van der Waals surface area contributed by atoms with Crippen LogP contribution in [0.5, 0.6) is 0 Å². The molecule has 1 N–H and O–H groups in total. The SMILES string of the molecule is C=CCNC#N.[Ca+2].[H-].[H-]. The number of nitrogens with one attached hydrogen (secondary N) is 1. The molecular formula is C4H8CaN2. The van der Waals surface area contributed by atoms with E-state index in [0.29, 0.717) is 6.54 Å². The number of nitriles is 1. The van der Waals surface area contributed by atoms with Gasteiger partial charge in [0, 0.05) is 6.54 Å². The number of nitrogens with zero attached hydrogens (tertiary/aromatic N) is 1. The first-order valence-corrected chi connectivity index (χ1v) is 1.64. The molecule has 0 aromatic heterocycles. The zero-order valence-corrected chi connectivity index (χ0v) is 6.35. The van der Waals surface area contributed by atoms with Crippen molar-refractivity contribution in [2.24, 2.45) is 0 Å². The van der Waals surface area contributed by atoms with Crippen molar-refractivity contribution in [2.75, 3.05) is 6.54 Å². The van der Waals surface area contributed by atoms with Gasteiger partial charge in [-0.1, -0.05) is 6.08 Å². The topological polar surface area (TPSA) is 35.8 Å². The summed E-state index contributed by atoms with van der Waals surface area (Å²) in [7, 11) is 0. The number of rotatable bonds is 2. The molecule has 0 aliphatic heterocycles. The molecule has 0 rings (SSSR count). The van der Waals surface area contributed by atoms with Crippen LogP contribution >= 0.6 is 0 Å². The third-order valence-corrected chi connectivity index (χ3v) is 0.325. The molecule has 0 saturated carbocycles. The van der Waals surface area contributed by atoms with Crippen LogP contribution in [0.4, 0.5) is 0 Å². The van der Waals surface area contributed by atoms with Crippen molar-refractivity contribution in [1.29, 1.82) is 5.26 Å². The molecule has 0 amide bonds. The van der Waals surface area contributed by atoms with Crippen LogP contribution in [0.25, 0.3) is 0 Å². The fraction of sp³-hybridized carbons (Fsp3) is 0.250. The van der Waals surface area contributed by atoms with Gasteiger partial charge in [-0.05, 0) is 0 Å². The third kappa shape index (κ3) is 10.7. The summed E-state index contributed by atoms with van der Waals surface area (Å²) in [6.45, 7) is 3.95. The average Bonchev–Trinajstić information content (AvgIpc) is 1.61. The van der Waals surface area contributed by atoms with E-state index < -0.39 is 0 Å². The Labute approximate surface area is 76.2 Å². The minimum absolute atomic E-state index is 0. The zero-order valence-electron chi connectivity index (χ0n) is 6.15. The minimum Gasteiger partial charge on any atom is -1.00 e. The molecule has 0 spiro atoms. The van der Waals surface area contributed by atoms with Crippen molar-refractivity contribution in [3.63, 3.8) is 0 Å². The number of hydrogen-bond donors (Lipinski definition) is 1. The molecule has 0 unspecified atom stereocenters. The summed E-state index contributed by atoms with van der Waals surface area (Å²) in [5.41, 5.74) is 0. The molecule has 0 bridgehead atoms. The first kappa shape index (κ1) is 10.3. The van der Waals surface area contributed by atoms with Gasteiger partial charge in [-0.3, -0.25) is 0 Å². The van der Waals surface area contributed by atoms with Crippen molar-refractivity contribution in [3.8, 4) is 6.19 Å². The van der Waals surface area contributed by atoms with Crippen LogP contribution in [0, 0.1) is 11.5 Å². The summed E-state index contributed by atoms with van der Waals surface area (Å²) in [6, 6.07) is 0. The van der Waals surface area contributed by atoms with Gasteiger partial charge in [0.2, 0.25) is 0 Å². The largest absolute Gasteiger partial charge is 2.00 e. The second-order valence-electron chi connectivity index (χ2n) is 0.781. The molecule has 0 aliphatic carbocycles. The van der Waals surface area contributed by atoms with E-state index in [9.17, 15) is 0 Å². The summed E-state index contributed by atoms with van der Waals surface area (Å²) in [5, 5.41) is 10.2. The van der Waals surface area contributed by atoms with Crippen molar-refractivity contribution >= 4 is 37.7 Å². The zero-order chi connectivity index (χ0) is 4.83. The molecule has 0 atom stereocenters. The predicted molar refractivity (Wildman–Crippen MR) is 31.8 cm³/mol. The van der Waals surface area contributed by atoms with Crippen molar-refractivity contribution in [1.82, 2.24) is 5.32 Å². The molecule has 0 aromatic carbocycles. The van der Waals surface area contributed by atoms with Gasteiger partial charge < -0.3 is 8.17 Å². The van der Waals surface area contributed by atoms with Gasteiger partial charge in [0.1, 0.15) is 0 Å². The molecule has 0 aromatic rings. The van der Waals surface area contributed by atoms with Crippen LogP contribution < -0.4 is 5.32 Å². The smallest absolute Gasteiger partial charge is 1.00 e. The summed E-state index contributed by atoms with van der Waals surface area (Å²) in [6.07, 6.45) is 3.38. The van der Waals surface area contributed by atoms with Gasteiger partial charge in [-0.25, -0.2) is 0 Å². The van der Waals surface area contributed by atoms with Gasteiger partial charge in [0.15, 0.2) is 6.19 Å². The second kappa shape index (κ2) is 9.56. The van der Waals surface area contributed by atoms with Gasteiger partial charge in [0.05, 0.1) is 0 Å². The van der Waals surface area contributed by atoms with Crippen LogP contribution in [0.3, 0.4) is 0 Å². The van der Waals surface area contributed by atoms with Crippen molar-refractivity contribution in [2.45, 2.75) is 0 Å². The van der Waals surface area contributed by atoms with E-state index in [-0.39, 0.29) is 40.6 Å². The van der Waals surface area contributed by atoms with Crippen LogP contribution in [0.1, 0.15) is 2.85 Å². The fourth-order valence-electron chi connectivity index (χ4n) is 0.118. The molecule has 0 heterocycles. The maximum Gasteiger partial charge on any atom is 2.00 e. The van der Waals surface area contributed by atoms with Gasteiger partial charge in [-0.2, -0.15) is 5.26 Å². The molecule has 3 heteroatoms. The van der Waals surface area contributed by atoms with Gasteiger partial charge >= 0.3 is 37.7 Å². The monoisotopic (exact) mass is 124 g/mol. The van der Waals surface area contributed by atoms with E-state index in [0.717, 1.165) is 0 Å². The van der Waals surface area contributed by atoms with Crippen molar-refractivity contribution < 1.29 is 2.85 Å². The Morgan fingerprint density at radius 1 is 2.00 bits per heavy atom. The molecule has 2 nitrogen and oxygen atoms in total. The van der Waals surface area contributed by atoms with Crippen LogP contribution in [-0.4, -0.2) is 44.3 Å². The summed E-state index contributed by atoms with van der Waals surface area (Å²) in [5.74, 6) is 0. The first-order valence-electron chi connectivity index (χ1n) is 1.64. The summed E-state index contributed by atoms with van der Waals surface area (Å²) < 4.78 is 0. The van der Waals surface area contributed by atoms with E-state index in [1.807, 2.05) is 0 Å². The molecule has 0 fully saturated rings. The maximum atomic E-state index is 7.79. The Morgan fingerprint density at radius 2 is 2.57 bits per heavy atom. The average molecular weight is 124 g/mol. The van der Waals surface area contributed by atoms with Gasteiger partial charge in [-0.15, -0.1) is 6.58 Å². The standard InChI is InChI=1S/C4H6N2.Ca.2H/c1-2-3-6-4-5;;;/h2,6H,1,3H2;;;/q;+2;2*-1. The van der Waals surface area contributed by atoms with Gasteiger partial charge in [0.25, 0.3) is 0 Å². The Kier molecular flexibility index (Phi) is 14.1. The molecule has 0 saturated heterocycles. The summed E-state index contributed by atoms with van der Waals surface area (Å²) in [4.78, 5) is 0. The quantitative estimate of drug-likeness (QED) is 0.186. The molecular weight excluding hydrogens is 116 g/mol. The Bertz CT molecular complexity index is 81.1. The van der Waals surface area contributed by atoms with Crippen molar-refractivity contribution in [3.05, 3.63) is 12.7 Å². The van der Waals surface area contributed by atoms with E-state index >= 15 is 0 Å². The van der Waals surface area contributed by atoms with E-state index in [1.54, 1.807) is 12.3 Å². The molecule has 0 radical (unpaired) electrons. The van der Waals surface area contributed by atoms with Crippen LogP contribution in [0.2, 0.25) is 0 Å². The molecule has 0 aliphatic rings. The predicted octanol–water partition coefficient (Wildman–Crippen LogP) is 0.0873. The molecule has 36 valence electrons. The number of hydrogen-bond acceptors (Lipinski definition) is 2. The summed E-state index contributed by atoms with van der Waals surface area (Å²) >= 11 is 0. The Hall–Kier alpha value is 0.290. The van der Waals surface area contributed by atoms with Crippen LogP contribution in [0.15, 0.2) is 12.7 Å². The maximum absolute atomic E-state index is 7.79. The minimum atomic E-state index is 0. The Balaban J connectivity index is -0.0000000417. The van der Waals surface area contributed by atoms with E-state index in [4.69, 9.17) is 5.26 Å². The van der Waals surface area contributed by atoms with Crippen LogP contribution in [-0.2, 0) is 0 Å². The third-order valence-electron chi connectivity index (χ3n) is 0.325. The van der Waals surface area contributed by atoms with E-state index in [2.05, 4.69) is 11.9 Å². The second-order valence-corrected chi connectivity index (χ2v) is 0.781. The Morgan fingerprint density at radius 3 is 2.71 bits per heavy atom. The fourth-order valence-corrected chi connectivity index (χ4v) is 0.118.